The Kier molecular flexibility index (Phi) is 4.09. The molecule has 1 aromatic carbocycles. The number of nitrogens with two attached hydrogens (primary N) is 1. The van der Waals surface area contributed by atoms with Gasteiger partial charge in [0.05, 0.1) is 18.7 Å². The normalized spacial score (nSPS) is 10.3. The fourth-order valence-electron chi connectivity index (χ4n) is 1.73. The van der Waals surface area contributed by atoms with Crippen molar-refractivity contribution in [3.63, 3.8) is 0 Å². The maximum atomic E-state index is 11.3. The topological polar surface area (TPSA) is 103 Å². The predicted octanol–water partition coefficient (Wildman–Crippen LogP) is 1.63. The minimum Gasteiger partial charge on any atom is -0.493 e. The van der Waals surface area contributed by atoms with Crippen LogP contribution in [0.3, 0.4) is 0 Å². The number of hydrogen-bond donors (Lipinski definition) is 2. The molecule has 2 aromatic rings. The standard InChI is InChI=1S/C12H13ClN4O3/c1-3-20-9-4-6(7(13)5-8(9)19-2)10-11(12(14)18)16-17-15-10/h4-5H,3H2,1-2H3,(H2,14,18)(H,15,16,17). The second-order valence-electron chi connectivity index (χ2n) is 3.80. The van der Waals surface area contributed by atoms with Crippen LogP contribution in [0.15, 0.2) is 12.1 Å². The number of methoxy groups -OCH3 is 1. The van der Waals surface area contributed by atoms with E-state index in [1.54, 1.807) is 12.1 Å². The fraction of sp³-hybridized carbons (Fsp3) is 0.250. The van der Waals surface area contributed by atoms with Gasteiger partial charge in [-0.3, -0.25) is 4.79 Å². The first kappa shape index (κ1) is 14.1. The number of nitrogens with one attached hydrogen (secondary N) is 1. The van der Waals surface area contributed by atoms with Crippen LogP contribution in [-0.4, -0.2) is 35.0 Å². The number of primary amides is 1. The van der Waals surface area contributed by atoms with Gasteiger partial charge in [-0.2, -0.15) is 15.4 Å². The highest BCUT2D eigenvalue weighted by Crippen LogP contribution is 2.38. The van der Waals surface area contributed by atoms with Crippen molar-refractivity contribution in [1.29, 1.82) is 0 Å². The van der Waals surface area contributed by atoms with Crippen molar-refractivity contribution in [3.8, 4) is 22.8 Å². The van der Waals surface area contributed by atoms with Gasteiger partial charge in [0.1, 0.15) is 5.69 Å². The molecule has 0 bridgehead atoms. The number of benzene rings is 1. The molecule has 1 aromatic heterocycles. The van der Waals surface area contributed by atoms with E-state index < -0.39 is 5.91 Å². The molecule has 0 radical (unpaired) electrons. The van der Waals surface area contributed by atoms with Crippen molar-refractivity contribution in [2.24, 2.45) is 5.73 Å². The van der Waals surface area contributed by atoms with Crippen molar-refractivity contribution >= 4 is 17.5 Å². The van der Waals surface area contributed by atoms with E-state index in [0.717, 1.165) is 0 Å². The highest BCUT2D eigenvalue weighted by atomic mass is 35.5. The Balaban J connectivity index is 2.59. The van der Waals surface area contributed by atoms with Crippen molar-refractivity contribution in [1.82, 2.24) is 15.4 Å². The summed E-state index contributed by atoms with van der Waals surface area (Å²) < 4.78 is 10.6. The Hall–Kier alpha value is -2.28. The van der Waals surface area contributed by atoms with Gasteiger partial charge in [0.2, 0.25) is 0 Å². The smallest absolute Gasteiger partial charge is 0.271 e. The molecule has 0 aliphatic rings. The molecule has 1 heterocycles. The largest absolute Gasteiger partial charge is 0.493 e. The molecule has 0 aliphatic carbocycles. The molecule has 0 atom stereocenters. The number of ether oxygens (including phenoxy) is 2. The van der Waals surface area contributed by atoms with Gasteiger partial charge in [-0.15, -0.1) is 0 Å². The van der Waals surface area contributed by atoms with E-state index >= 15 is 0 Å². The van der Waals surface area contributed by atoms with Crippen LogP contribution in [0.4, 0.5) is 0 Å². The number of nitrogens with zero attached hydrogens (tertiary/aromatic N) is 2. The Morgan fingerprint density at radius 1 is 1.40 bits per heavy atom. The Bertz CT molecular complexity index is 642. The highest BCUT2D eigenvalue weighted by Gasteiger charge is 2.20. The third-order valence-electron chi connectivity index (χ3n) is 2.59. The second-order valence-corrected chi connectivity index (χ2v) is 4.21. The Labute approximate surface area is 120 Å². The van der Waals surface area contributed by atoms with Crippen LogP contribution in [0, 0.1) is 0 Å². The van der Waals surface area contributed by atoms with Crippen molar-refractivity contribution in [3.05, 3.63) is 22.8 Å². The average molecular weight is 297 g/mol. The molecule has 106 valence electrons. The lowest BCUT2D eigenvalue weighted by molar-refractivity contribution is 0.0996. The molecule has 0 unspecified atom stereocenters. The van der Waals surface area contributed by atoms with Crippen molar-refractivity contribution in [2.75, 3.05) is 13.7 Å². The summed E-state index contributed by atoms with van der Waals surface area (Å²) in [5.41, 5.74) is 6.01. The SMILES string of the molecule is CCOc1cc(-c2n[nH]nc2C(N)=O)c(Cl)cc1OC. The Morgan fingerprint density at radius 2 is 2.15 bits per heavy atom. The average Bonchev–Trinajstić information content (AvgIpc) is 2.89. The Morgan fingerprint density at radius 3 is 2.75 bits per heavy atom. The number of carbonyl (C=O) groups excluding carboxylic acids is 1. The number of aromatic nitrogens is 3. The summed E-state index contributed by atoms with van der Waals surface area (Å²) in [5.74, 6) is 0.288. The molecule has 7 nitrogen and oxygen atoms in total. The van der Waals surface area contributed by atoms with Gasteiger partial charge in [-0.25, -0.2) is 0 Å². The minimum absolute atomic E-state index is 0.0134. The maximum absolute atomic E-state index is 11.3. The van der Waals surface area contributed by atoms with Crippen LogP contribution in [0.5, 0.6) is 11.5 Å². The van der Waals surface area contributed by atoms with Crippen molar-refractivity contribution < 1.29 is 14.3 Å². The molecule has 8 heteroatoms. The van der Waals surface area contributed by atoms with Crippen LogP contribution in [0.1, 0.15) is 17.4 Å². The van der Waals surface area contributed by atoms with Crippen molar-refractivity contribution in [2.45, 2.75) is 6.92 Å². The van der Waals surface area contributed by atoms with Crippen LogP contribution in [0.2, 0.25) is 5.02 Å². The fourth-order valence-corrected chi connectivity index (χ4v) is 1.98. The van der Waals surface area contributed by atoms with Gasteiger partial charge in [-0.1, -0.05) is 11.6 Å². The predicted molar refractivity (Wildman–Crippen MR) is 73.1 cm³/mol. The lowest BCUT2D eigenvalue weighted by atomic mass is 10.1. The second kappa shape index (κ2) is 5.79. The highest BCUT2D eigenvalue weighted by molar-refractivity contribution is 6.33. The summed E-state index contributed by atoms with van der Waals surface area (Å²) in [6, 6.07) is 3.22. The number of rotatable bonds is 5. The molecule has 0 spiro atoms. The number of amides is 1. The van der Waals surface area contributed by atoms with E-state index in [1.165, 1.54) is 7.11 Å². The molecule has 0 aliphatic heterocycles. The molecule has 2 rings (SSSR count). The van der Waals surface area contributed by atoms with E-state index in [1.807, 2.05) is 6.92 Å². The number of H-pyrrole nitrogens is 1. The number of aromatic amines is 1. The maximum Gasteiger partial charge on any atom is 0.271 e. The summed E-state index contributed by atoms with van der Waals surface area (Å²) in [6.45, 7) is 2.30. The first-order valence-electron chi connectivity index (χ1n) is 5.79. The van der Waals surface area contributed by atoms with E-state index in [0.29, 0.717) is 28.7 Å². The van der Waals surface area contributed by atoms with Gasteiger partial charge in [0.15, 0.2) is 17.2 Å². The first-order valence-corrected chi connectivity index (χ1v) is 6.17. The molecule has 3 N–H and O–H groups in total. The lowest BCUT2D eigenvalue weighted by Gasteiger charge is -2.12. The van der Waals surface area contributed by atoms with E-state index in [2.05, 4.69) is 15.4 Å². The van der Waals surface area contributed by atoms with Crippen LogP contribution < -0.4 is 15.2 Å². The molecule has 0 saturated carbocycles. The van der Waals surface area contributed by atoms with Gasteiger partial charge >= 0.3 is 0 Å². The number of hydrogen-bond acceptors (Lipinski definition) is 5. The third kappa shape index (κ3) is 2.53. The summed E-state index contributed by atoms with van der Waals surface area (Å²) >= 11 is 6.18. The molecular formula is C12H13ClN4O3. The zero-order valence-electron chi connectivity index (χ0n) is 10.9. The minimum atomic E-state index is -0.696. The zero-order chi connectivity index (χ0) is 14.7. The quantitative estimate of drug-likeness (QED) is 0.873. The van der Waals surface area contributed by atoms with Crippen LogP contribution in [-0.2, 0) is 0 Å². The summed E-state index contributed by atoms with van der Waals surface area (Å²) in [4.78, 5) is 11.3. The van der Waals surface area contributed by atoms with E-state index in [9.17, 15) is 4.79 Å². The molecule has 0 saturated heterocycles. The molecule has 0 fully saturated rings. The molecule has 1 amide bonds. The van der Waals surface area contributed by atoms with Gasteiger partial charge in [0, 0.05) is 11.6 Å². The first-order chi connectivity index (χ1) is 9.58. The lowest BCUT2D eigenvalue weighted by Crippen LogP contribution is -2.12. The monoisotopic (exact) mass is 296 g/mol. The van der Waals surface area contributed by atoms with Gasteiger partial charge < -0.3 is 15.2 Å². The third-order valence-corrected chi connectivity index (χ3v) is 2.90. The molecule has 20 heavy (non-hydrogen) atoms. The van der Waals surface area contributed by atoms with E-state index in [4.69, 9.17) is 26.8 Å². The van der Waals surface area contributed by atoms with E-state index in [-0.39, 0.29) is 11.4 Å². The van der Waals surface area contributed by atoms with Gasteiger partial charge in [-0.05, 0) is 13.0 Å². The zero-order valence-corrected chi connectivity index (χ0v) is 11.7. The van der Waals surface area contributed by atoms with Gasteiger partial charge in [0.25, 0.3) is 5.91 Å². The summed E-state index contributed by atoms with van der Waals surface area (Å²) in [7, 11) is 1.51. The molecular weight excluding hydrogens is 284 g/mol. The summed E-state index contributed by atoms with van der Waals surface area (Å²) in [5, 5.41) is 10.3. The number of carbonyl (C=O) groups is 1. The summed E-state index contributed by atoms with van der Waals surface area (Å²) in [6.07, 6.45) is 0. The van der Waals surface area contributed by atoms with Crippen LogP contribution in [0.25, 0.3) is 11.3 Å². The number of halogens is 1. The van der Waals surface area contributed by atoms with Crippen LogP contribution >= 0.6 is 11.6 Å².